The number of carbonyl (C=O) groups excluding carboxylic acids is 1. The largest absolute Gasteiger partial charge is 0.464 e. The number of methoxy groups -OCH3 is 1. The number of aromatic nitrogens is 3. The van der Waals surface area contributed by atoms with Gasteiger partial charge in [0.25, 0.3) is 0 Å². The molecule has 1 aliphatic heterocycles. The summed E-state index contributed by atoms with van der Waals surface area (Å²) < 4.78 is 4.84. The van der Waals surface area contributed by atoms with Crippen molar-refractivity contribution in [3.63, 3.8) is 0 Å². The molecule has 1 aliphatic rings. The predicted octanol–water partition coefficient (Wildman–Crippen LogP) is 0.895. The first-order valence-corrected chi connectivity index (χ1v) is 6.84. The van der Waals surface area contributed by atoms with Crippen LogP contribution in [0.25, 0.3) is 0 Å². The minimum Gasteiger partial charge on any atom is -0.464 e. The van der Waals surface area contributed by atoms with Gasteiger partial charge in [0.2, 0.25) is 0 Å². The molecular weight excluding hydrogens is 268 g/mol. The highest BCUT2D eigenvalue weighted by molar-refractivity contribution is 5.89. The lowest BCUT2D eigenvalue weighted by molar-refractivity contribution is 0.0591. The van der Waals surface area contributed by atoms with Gasteiger partial charge in [-0.15, -0.1) is 0 Å². The second-order valence-corrected chi connectivity index (χ2v) is 4.87. The molecule has 2 aromatic heterocycles. The molecule has 1 N–H and O–H groups in total. The van der Waals surface area contributed by atoms with Crippen LogP contribution in [-0.4, -0.2) is 34.6 Å². The number of pyridine rings is 1. The van der Waals surface area contributed by atoms with Crippen LogP contribution in [-0.2, 0) is 24.1 Å². The van der Waals surface area contributed by atoms with Crippen LogP contribution in [0.15, 0.2) is 24.5 Å². The standard InChI is InChI=1S/C15H16N4O2/c1-21-15(20)14-11-9-17-6-4-12(11)18-13(19-14)7-10-3-2-5-16-8-10/h2-3,5,8,17H,4,6-7,9H2,1H3. The maximum absolute atomic E-state index is 11.9. The summed E-state index contributed by atoms with van der Waals surface area (Å²) in [4.78, 5) is 25.0. The quantitative estimate of drug-likeness (QED) is 0.844. The third-order valence-electron chi connectivity index (χ3n) is 3.44. The monoisotopic (exact) mass is 284 g/mol. The van der Waals surface area contributed by atoms with Gasteiger partial charge in [-0.3, -0.25) is 4.98 Å². The molecule has 108 valence electrons. The molecule has 0 aromatic carbocycles. The summed E-state index contributed by atoms with van der Waals surface area (Å²) in [5, 5.41) is 3.23. The molecule has 0 saturated heterocycles. The summed E-state index contributed by atoms with van der Waals surface area (Å²) in [6.45, 7) is 1.46. The van der Waals surface area contributed by atoms with Crippen molar-refractivity contribution in [2.24, 2.45) is 0 Å². The van der Waals surface area contributed by atoms with Gasteiger partial charge in [-0.05, 0) is 11.6 Å². The van der Waals surface area contributed by atoms with E-state index in [2.05, 4.69) is 20.3 Å². The van der Waals surface area contributed by atoms with Crippen LogP contribution in [0.5, 0.6) is 0 Å². The van der Waals surface area contributed by atoms with Crippen molar-refractivity contribution in [1.29, 1.82) is 0 Å². The molecule has 3 heterocycles. The number of fused-ring (bicyclic) bond motifs is 1. The van der Waals surface area contributed by atoms with Gasteiger partial charge in [-0.1, -0.05) is 6.07 Å². The van der Waals surface area contributed by atoms with Crippen molar-refractivity contribution < 1.29 is 9.53 Å². The lowest BCUT2D eigenvalue weighted by Crippen LogP contribution is -2.28. The topological polar surface area (TPSA) is 77.0 Å². The number of rotatable bonds is 3. The molecule has 0 fully saturated rings. The van der Waals surface area contributed by atoms with E-state index in [0.29, 0.717) is 24.5 Å². The van der Waals surface area contributed by atoms with Gasteiger partial charge >= 0.3 is 5.97 Å². The number of carbonyl (C=O) groups is 1. The first kappa shape index (κ1) is 13.6. The zero-order chi connectivity index (χ0) is 14.7. The van der Waals surface area contributed by atoms with Crippen LogP contribution >= 0.6 is 0 Å². The molecular formula is C15H16N4O2. The third kappa shape index (κ3) is 2.90. The molecule has 3 rings (SSSR count). The molecule has 0 unspecified atom stereocenters. The fourth-order valence-electron chi connectivity index (χ4n) is 2.42. The van der Waals surface area contributed by atoms with Gasteiger partial charge in [0.1, 0.15) is 5.82 Å². The highest BCUT2D eigenvalue weighted by atomic mass is 16.5. The Kier molecular flexibility index (Phi) is 3.87. The van der Waals surface area contributed by atoms with Gasteiger partial charge in [-0.25, -0.2) is 14.8 Å². The number of esters is 1. The van der Waals surface area contributed by atoms with E-state index in [1.165, 1.54) is 7.11 Å². The van der Waals surface area contributed by atoms with Gasteiger partial charge < -0.3 is 10.1 Å². The van der Waals surface area contributed by atoms with Crippen LogP contribution < -0.4 is 5.32 Å². The van der Waals surface area contributed by atoms with Crippen molar-refractivity contribution in [1.82, 2.24) is 20.3 Å². The fraction of sp³-hybridized carbons (Fsp3) is 0.333. The molecule has 0 atom stereocenters. The van der Waals surface area contributed by atoms with Crippen molar-refractivity contribution in [2.75, 3.05) is 13.7 Å². The second-order valence-electron chi connectivity index (χ2n) is 4.87. The molecule has 0 aliphatic carbocycles. The minimum absolute atomic E-state index is 0.369. The van der Waals surface area contributed by atoms with E-state index >= 15 is 0 Å². The Bertz CT molecular complexity index is 658. The summed E-state index contributed by atoms with van der Waals surface area (Å²) >= 11 is 0. The maximum atomic E-state index is 11.9. The summed E-state index contributed by atoms with van der Waals surface area (Å²) in [7, 11) is 1.37. The van der Waals surface area contributed by atoms with E-state index in [1.807, 2.05) is 12.1 Å². The Morgan fingerprint density at radius 3 is 3.10 bits per heavy atom. The first-order chi connectivity index (χ1) is 10.3. The van der Waals surface area contributed by atoms with Crippen molar-refractivity contribution in [3.8, 4) is 0 Å². The molecule has 0 amide bonds. The first-order valence-electron chi connectivity index (χ1n) is 6.84. The fourth-order valence-corrected chi connectivity index (χ4v) is 2.42. The van der Waals surface area contributed by atoms with Crippen LogP contribution in [0.4, 0.5) is 0 Å². The van der Waals surface area contributed by atoms with E-state index in [4.69, 9.17) is 4.74 Å². The number of nitrogens with one attached hydrogen (secondary N) is 1. The molecule has 2 aromatic rings. The zero-order valence-electron chi connectivity index (χ0n) is 11.8. The SMILES string of the molecule is COC(=O)c1nc(Cc2cccnc2)nc2c1CNCC2. The number of hydrogen-bond donors (Lipinski definition) is 1. The Balaban J connectivity index is 2.00. The number of nitrogens with zero attached hydrogens (tertiary/aromatic N) is 3. The molecule has 0 bridgehead atoms. The maximum Gasteiger partial charge on any atom is 0.357 e. The highest BCUT2D eigenvalue weighted by Gasteiger charge is 2.22. The Morgan fingerprint density at radius 2 is 2.33 bits per heavy atom. The highest BCUT2D eigenvalue weighted by Crippen LogP contribution is 2.17. The number of hydrogen-bond acceptors (Lipinski definition) is 6. The van der Waals surface area contributed by atoms with Crippen molar-refractivity contribution >= 4 is 5.97 Å². The number of ether oxygens (including phenoxy) is 1. The lowest BCUT2D eigenvalue weighted by atomic mass is 10.0. The Hall–Kier alpha value is -2.34. The van der Waals surface area contributed by atoms with E-state index in [0.717, 1.165) is 29.8 Å². The molecule has 0 saturated carbocycles. The normalized spacial score (nSPS) is 13.6. The average molecular weight is 284 g/mol. The van der Waals surface area contributed by atoms with Crippen LogP contribution in [0, 0.1) is 0 Å². The van der Waals surface area contributed by atoms with Crippen molar-refractivity contribution in [3.05, 3.63) is 52.9 Å². The summed E-state index contributed by atoms with van der Waals surface area (Å²) in [5.74, 6) is 0.217. The second kappa shape index (κ2) is 5.97. The van der Waals surface area contributed by atoms with Gasteiger partial charge in [0.05, 0.1) is 12.8 Å². The third-order valence-corrected chi connectivity index (χ3v) is 3.44. The van der Waals surface area contributed by atoms with Gasteiger partial charge in [0, 0.05) is 43.9 Å². The van der Waals surface area contributed by atoms with Gasteiger partial charge in [0.15, 0.2) is 5.69 Å². The molecule has 6 heteroatoms. The minimum atomic E-state index is -0.412. The summed E-state index contributed by atoms with van der Waals surface area (Å²) in [6, 6.07) is 3.84. The molecule has 6 nitrogen and oxygen atoms in total. The van der Waals surface area contributed by atoms with Crippen LogP contribution in [0.3, 0.4) is 0 Å². The lowest BCUT2D eigenvalue weighted by Gasteiger charge is -2.19. The predicted molar refractivity (Wildman–Crippen MR) is 75.8 cm³/mol. The zero-order valence-corrected chi connectivity index (χ0v) is 11.8. The Labute approximate surface area is 122 Å². The van der Waals surface area contributed by atoms with Crippen LogP contribution in [0.1, 0.15) is 33.1 Å². The summed E-state index contributed by atoms with van der Waals surface area (Å²) in [5.41, 5.74) is 3.17. The molecule has 0 spiro atoms. The van der Waals surface area contributed by atoms with E-state index < -0.39 is 5.97 Å². The van der Waals surface area contributed by atoms with E-state index in [1.54, 1.807) is 12.4 Å². The molecule has 21 heavy (non-hydrogen) atoms. The summed E-state index contributed by atoms with van der Waals surface area (Å²) in [6.07, 6.45) is 4.85. The van der Waals surface area contributed by atoms with E-state index in [-0.39, 0.29) is 0 Å². The average Bonchev–Trinajstić information content (AvgIpc) is 2.54. The molecule has 0 radical (unpaired) electrons. The van der Waals surface area contributed by atoms with Gasteiger partial charge in [-0.2, -0.15) is 0 Å². The van der Waals surface area contributed by atoms with E-state index in [9.17, 15) is 4.79 Å². The Morgan fingerprint density at radius 1 is 1.43 bits per heavy atom. The van der Waals surface area contributed by atoms with Crippen LogP contribution in [0.2, 0.25) is 0 Å². The smallest absolute Gasteiger partial charge is 0.357 e. The van der Waals surface area contributed by atoms with Crippen molar-refractivity contribution in [2.45, 2.75) is 19.4 Å².